The average Bonchev–Trinajstić information content (AvgIpc) is 2.09. The molecule has 0 heterocycles. The highest BCUT2D eigenvalue weighted by molar-refractivity contribution is 9.10. The van der Waals surface area contributed by atoms with Crippen LogP contribution in [0.25, 0.3) is 0 Å². The van der Waals surface area contributed by atoms with Crippen molar-refractivity contribution >= 4 is 15.9 Å². The lowest BCUT2D eigenvalue weighted by Gasteiger charge is -2.18. The number of rotatable bonds is 3. The third kappa shape index (κ3) is 2.82. The van der Waals surface area contributed by atoms with E-state index in [1.54, 1.807) is 0 Å². The molecule has 1 aromatic carbocycles. The lowest BCUT2D eigenvalue weighted by molar-refractivity contribution is 0.237. The Morgan fingerprint density at radius 2 is 1.77 bits per heavy atom. The van der Waals surface area contributed by atoms with Gasteiger partial charge in [-0.2, -0.15) is 0 Å². The van der Waals surface area contributed by atoms with E-state index < -0.39 is 0 Å². The number of hydrogen-bond donors (Lipinski definition) is 1. The van der Waals surface area contributed by atoms with Crippen LogP contribution in [0.4, 0.5) is 0 Å². The highest BCUT2D eigenvalue weighted by Gasteiger charge is 2.13. The minimum absolute atomic E-state index is 0.222. The number of benzene rings is 1. The van der Waals surface area contributed by atoms with Gasteiger partial charge in [0.25, 0.3) is 0 Å². The fourth-order valence-electron chi connectivity index (χ4n) is 1.41. The molecule has 1 aromatic rings. The van der Waals surface area contributed by atoms with Crippen molar-refractivity contribution in [3.8, 4) is 0 Å². The standard InChI is InChI=1S/C11H15BrO/c1-8(2)11(7-13)9-3-5-10(12)6-4-9/h3-6,8,11,13H,7H2,1-2H3. The van der Waals surface area contributed by atoms with Gasteiger partial charge in [0.2, 0.25) is 0 Å². The molecule has 0 aliphatic heterocycles. The molecule has 1 atom stereocenters. The van der Waals surface area contributed by atoms with Crippen LogP contribution >= 0.6 is 15.9 Å². The van der Waals surface area contributed by atoms with Crippen molar-refractivity contribution in [2.75, 3.05) is 6.61 Å². The molecule has 0 aliphatic carbocycles. The molecule has 0 aromatic heterocycles. The summed E-state index contributed by atoms with van der Waals surface area (Å²) >= 11 is 3.39. The predicted molar refractivity (Wildman–Crippen MR) is 58.8 cm³/mol. The largest absolute Gasteiger partial charge is 0.396 e. The molecule has 0 radical (unpaired) electrons. The van der Waals surface area contributed by atoms with E-state index in [2.05, 4.69) is 41.9 Å². The van der Waals surface area contributed by atoms with Gasteiger partial charge < -0.3 is 5.11 Å². The third-order valence-electron chi connectivity index (χ3n) is 2.30. The lowest BCUT2D eigenvalue weighted by atomic mass is 9.89. The Hall–Kier alpha value is -0.340. The molecule has 1 N–H and O–H groups in total. The van der Waals surface area contributed by atoms with E-state index >= 15 is 0 Å². The summed E-state index contributed by atoms with van der Waals surface area (Å²) in [5.41, 5.74) is 1.21. The Morgan fingerprint density at radius 1 is 1.23 bits per heavy atom. The maximum atomic E-state index is 9.21. The summed E-state index contributed by atoms with van der Waals surface area (Å²) in [6.07, 6.45) is 0. The van der Waals surface area contributed by atoms with E-state index in [4.69, 9.17) is 0 Å². The van der Waals surface area contributed by atoms with Crippen LogP contribution in [0.15, 0.2) is 28.7 Å². The molecule has 0 spiro atoms. The molecular weight excluding hydrogens is 228 g/mol. The first-order valence-corrected chi connectivity index (χ1v) is 5.30. The van der Waals surface area contributed by atoms with Gasteiger partial charge in [0.05, 0.1) is 6.61 Å². The number of hydrogen-bond acceptors (Lipinski definition) is 1. The molecule has 2 heteroatoms. The first-order chi connectivity index (χ1) is 6.15. The Kier molecular flexibility index (Phi) is 3.94. The van der Waals surface area contributed by atoms with Crippen LogP contribution in [0.3, 0.4) is 0 Å². The maximum absolute atomic E-state index is 9.21. The van der Waals surface area contributed by atoms with Gasteiger partial charge in [-0.3, -0.25) is 0 Å². The Bertz CT molecular complexity index is 253. The van der Waals surface area contributed by atoms with Crippen LogP contribution in [0.5, 0.6) is 0 Å². The lowest BCUT2D eigenvalue weighted by Crippen LogP contribution is -2.10. The van der Waals surface area contributed by atoms with E-state index in [1.807, 2.05) is 12.1 Å². The first-order valence-electron chi connectivity index (χ1n) is 4.51. The first kappa shape index (κ1) is 10.7. The molecule has 0 aliphatic rings. The molecule has 1 unspecified atom stereocenters. The van der Waals surface area contributed by atoms with Gasteiger partial charge in [0.1, 0.15) is 0 Å². The fraction of sp³-hybridized carbons (Fsp3) is 0.455. The Balaban J connectivity index is 2.86. The summed E-state index contributed by atoms with van der Waals surface area (Å²) in [6.45, 7) is 4.48. The molecule has 1 rings (SSSR count). The summed E-state index contributed by atoms with van der Waals surface area (Å²) in [5.74, 6) is 0.735. The summed E-state index contributed by atoms with van der Waals surface area (Å²) in [4.78, 5) is 0. The van der Waals surface area contributed by atoms with Crippen molar-refractivity contribution < 1.29 is 5.11 Å². The zero-order valence-corrected chi connectivity index (χ0v) is 9.58. The molecule has 0 bridgehead atoms. The van der Waals surface area contributed by atoms with Gasteiger partial charge in [-0.05, 0) is 23.6 Å². The number of halogens is 1. The third-order valence-corrected chi connectivity index (χ3v) is 2.83. The van der Waals surface area contributed by atoms with Gasteiger partial charge in [-0.15, -0.1) is 0 Å². The van der Waals surface area contributed by atoms with Crippen LogP contribution in [0.2, 0.25) is 0 Å². The second-order valence-electron chi connectivity index (χ2n) is 3.58. The molecular formula is C11H15BrO. The minimum atomic E-state index is 0.222. The Morgan fingerprint density at radius 3 is 2.15 bits per heavy atom. The second kappa shape index (κ2) is 4.77. The monoisotopic (exact) mass is 242 g/mol. The van der Waals surface area contributed by atoms with E-state index in [0.29, 0.717) is 5.92 Å². The van der Waals surface area contributed by atoms with E-state index in [1.165, 1.54) is 5.56 Å². The highest BCUT2D eigenvalue weighted by Crippen LogP contribution is 2.24. The zero-order chi connectivity index (χ0) is 9.84. The predicted octanol–water partition coefficient (Wildman–Crippen LogP) is 3.18. The number of aliphatic hydroxyl groups is 1. The second-order valence-corrected chi connectivity index (χ2v) is 4.50. The molecule has 72 valence electrons. The van der Waals surface area contributed by atoms with Gasteiger partial charge in [0.15, 0.2) is 0 Å². The van der Waals surface area contributed by atoms with Crippen LogP contribution in [-0.4, -0.2) is 11.7 Å². The van der Waals surface area contributed by atoms with Crippen molar-refractivity contribution in [2.45, 2.75) is 19.8 Å². The van der Waals surface area contributed by atoms with Gasteiger partial charge in [0, 0.05) is 10.4 Å². The quantitative estimate of drug-likeness (QED) is 0.864. The summed E-state index contributed by atoms with van der Waals surface area (Å²) in [6, 6.07) is 8.15. The van der Waals surface area contributed by atoms with E-state index in [9.17, 15) is 5.11 Å². The molecule has 0 saturated carbocycles. The fourth-order valence-corrected chi connectivity index (χ4v) is 1.68. The van der Waals surface area contributed by atoms with E-state index in [-0.39, 0.29) is 12.5 Å². The van der Waals surface area contributed by atoms with E-state index in [0.717, 1.165) is 4.47 Å². The van der Waals surface area contributed by atoms with Gasteiger partial charge in [-0.1, -0.05) is 41.9 Å². The molecule has 1 nitrogen and oxygen atoms in total. The van der Waals surface area contributed by atoms with Crippen LogP contribution < -0.4 is 0 Å². The topological polar surface area (TPSA) is 20.2 Å². The minimum Gasteiger partial charge on any atom is -0.396 e. The van der Waals surface area contributed by atoms with Crippen molar-refractivity contribution in [2.24, 2.45) is 5.92 Å². The maximum Gasteiger partial charge on any atom is 0.0502 e. The molecule has 0 saturated heterocycles. The molecule has 0 amide bonds. The molecule has 13 heavy (non-hydrogen) atoms. The smallest absolute Gasteiger partial charge is 0.0502 e. The van der Waals surface area contributed by atoms with Crippen molar-refractivity contribution in [1.29, 1.82) is 0 Å². The molecule has 0 fully saturated rings. The SMILES string of the molecule is CC(C)C(CO)c1ccc(Br)cc1. The van der Waals surface area contributed by atoms with Crippen LogP contribution in [0, 0.1) is 5.92 Å². The van der Waals surface area contributed by atoms with Crippen LogP contribution in [-0.2, 0) is 0 Å². The van der Waals surface area contributed by atoms with Gasteiger partial charge >= 0.3 is 0 Å². The van der Waals surface area contributed by atoms with Crippen molar-refractivity contribution in [3.05, 3.63) is 34.3 Å². The van der Waals surface area contributed by atoms with Gasteiger partial charge in [-0.25, -0.2) is 0 Å². The summed E-state index contributed by atoms with van der Waals surface area (Å²) < 4.78 is 1.08. The number of aliphatic hydroxyl groups excluding tert-OH is 1. The van der Waals surface area contributed by atoms with Crippen LogP contribution in [0.1, 0.15) is 25.3 Å². The average molecular weight is 243 g/mol. The summed E-state index contributed by atoms with van der Waals surface area (Å²) in [5, 5.41) is 9.21. The van der Waals surface area contributed by atoms with Crippen molar-refractivity contribution in [1.82, 2.24) is 0 Å². The Labute approximate surface area is 87.9 Å². The van der Waals surface area contributed by atoms with Crippen molar-refractivity contribution in [3.63, 3.8) is 0 Å². The normalized spacial score (nSPS) is 13.3. The highest BCUT2D eigenvalue weighted by atomic mass is 79.9. The zero-order valence-electron chi connectivity index (χ0n) is 8.00. The summed E-state index contributed by atoms with van der Waals surface area (Å²) in [7, 11) is 0.